The summed E-state index contributed by atoms with van der Waals surface area (Å²) in [6.45, 7) is 1.98. The van der Waals surface area contributed by atoms with Gasteiger partial charge in [0.25, 0.3) is 0 Å². The second kappa shape index (κ2) is 5.49. The minimum Gasteiger partial charge on any atom is -0.481 e. The molecule has 0 saturated carbocycles. The van der Waals surface area contributed by atoms with Gasteiger partial charge in [0.15, 0.2) is 0 Å². The maximum atomic E-state index is 13.0. The molecule has 0 aliphatic carbocycles. The number of nitrogen functional groups attached to an aromatic ring is 1. The average Bonchev–Trinajstić information content (AvgIpc) is 2.23. The van der Waals surface area contributed by atoms with Crippen molar-refractivity contribution >= 4 is 11.7 Å². The number of carbonyl (C=O) groups is 1. The van der Waals surface area contributed by atoms with Crippen LogP contribution in [0.4, 0.5) is 10.1 Å². The van der Waals surface area contributed by atoms with Gasteiger partial charge < -0.3 is 10.8 Å². The van der Waals surface area contributed by atoms with Crippen LogP contribution in [0.3, 0.4) is 0 Å². The molecule has 0 aliphatic rings. The zero-order valence-corrected chi connectivity index (χ0v) is 9.24. The molecule has 0 bridgehead atoms. The molecule has 0 aromatic heterocycles. The van der Waals surface area contributed by atoms with Gasteiger partial charge in [0, 0.05) is 5.69 Å². The molecule has 3 N–H and O–H groups in total. The standard InChI is InChI=1S/C12H16FNO2/c1-2-3-4-9(12(15)16)10-7-8(13)5-6-11(10)14/h5-7,9H,2-4,14H2,1H3,(H,15,16). The summed E-state index contributed by atoms with van der Waals surface area (Å²) in [6.07, 6.45) is 2.17. The minimum atomic E-state index is -0.953. The number of aliphatic carboxylic acids is 1. The third-order valence-electron chi connectivity index (χ3n) is 2.57. The van der Waals surface area contributed by atoms with Crippen molar-refractivity contribution in [1.82, 2.24) is 0 Å². The molecule has 0 radical (unpaired) electrons. The molecule has 1 rings (SSSR count). The zero-order valence-electron chi connectivity index (χ0n) is 9.24. The molecule has 0 saturated heterocycles. The van der Waals surface area contributed by atoms with Gasteiger partial charge in [-0.15, -0.1) is 0 Å². The van der Waals surface area contributed by atoms with Gasteiger partial charge in [-0.25, -0.2) is 4.39 Å². The summed E-state index contributed by atoms with van der Waals surface area (Å²) >= 11 is 0. The largest absolute Gasteiger partial charge is 0.481 e. The summed E-state index contributed by atoms with van der Waals surface area (Å²) in [7, 11) is 0. The molecule has 1 atom stereocenters. The summed E-state index contributed by atoms with van der Waals surface area (Å²) in [4.78, 5) is 11.1. The number of hydrogen-bond acceptors (Lipinski definition) is 2. The summed E-state index contributed by atoms with van der Waals surface area (Å²) in [5.74, 6) is -2.12. The predicted octanol–water partition coefficient (Wildman–Crippen LogP) is 2.77. The fourth-order valence-electron chi connectivity index (χ4n) is 1.67. The Bertz CT molecular complexity index is 379. The Morgan fingerprint density at radius 1 is 1.56 bits per heavy atom. The van der Waals surface area contributed by atoms with Crippen molar-refractivity contribution in [3.05, 3.63) is 29.6 Å². The first kappa shape index (κ1) is 12.5. The van der Waals surface area contributed by atoms with Crippen LogP contribution in [0.15, 0.2) is 18.2 Å². The highest BCUT2D eigenvalue weighted by Crippen LogP contribution is 2.28. The summed E-state index contributed by atoms with van der Waals surface area (Å²) in [6, 6.07) is 3.86. The lowest BCUT2D eigenvalue weighted by atomic mass is 9.92. The van der Waals surface area contributed by atoms with E-state index in [0.29, 0.717) is 17.7 Å². The lowest BCUT2D eigenvalue weighted by Gasteiger charge is -2.14. The molecule has 1 unspecified atom stereocenters. The third-order valence-corrected chi connectivity index (χ3v) is 2.57. The first-order chi connectivity index (χ1) is 7.56. The number of hydrogen-bond donors (Lipinski definition) is 2. The van der Waals surface area contributed by atoms with Crippen molar-refractivity contribution in [3.63, 3.8) is 0 Å². The van der Waals surface area contributed by atoms with Crippen molar-refractivity contribution in [1.29, 1.82) is 0 Å². The Morgan fingerprint density at radius 2 is 2.25 bits per heavy atom. The van der Waals surface area contributed by atoms with Crippen LogP contribution in [0, 0.1) is 5.82 Å². The molecule has 1 aromatic carbocycles. The van der Waals surface area contributed by atoms with Crippen LogP contribution < -0.4 is 5.73 Å². The summed E-state index contributed by atoms with van der Waals surface area (Å²) in [5.41, 5.74) is 6.38. The van der Waals surface area contributed by atoms with E-state index in [0.717, 1.165) is 12.8 Å². The molecule has 0 amide bonds. The Morgan fingerprint density at radius 3 is 2.81 bits per heavy atom. The molecule has 1 aromatic rings. The van der Waals surface area contributed by atoms with Gasteiger partial charge in [-0.3, -0.25) is 4.79 Å². The van der Waals surface area contributed by atoms with Crippen molar-refractivity contribution in [3.8, 4) is 0 Å². The summed E-state index contributed by atoms with van der Waals surface area (Å²) < 4.78 is 13.0. The van der Waals surface area contributed by atoms with Gasteiger partial charge in [0.05, 0.1) is 5.92 Å². The molecule has 16 heavy (non-hydrogen) atoms. The fourth-order valence-corrected chi connectivity index (χ4v) is 1.67. The van der Waals surface area contributed by atoms with Crippen LogP contribution in [-0.2, 0) is 4.79 Å². The molecule has 0 spiro atoms. The maximum Gasteiger partial charge on any atom is 0.311 e. The number of carboxylic acids is 1. The van der Waals surface area contributed by atoms with Crippen LogP contribution >= 0.6 is 0 Å². The van der Waals surface area contributed by atoms with Gasteiger partial charge in [-0.2, -0.15) is 0 Å². The second-order valence-electron chi connectivity index (χ2n) is 3.81. The predicted molar refractivity (Wildman–Crippen MR) is 60.7 cm³/mol. The van der Waals surface area contributed by atoms with E-state index in [1.165, 1.54) is 18.2 Å². The number of carboxylic acid groups (broad SMARTS) is 1. The first-order valence-electron chi connectivity index (χ1n) is 5.34. The molecule has 0 fully saturated rings. The number of benzene rings is 1. The smallest absolute Gasteiger partial charge is 0.311 e. The van der Waals surface area contributed by atoms with E-state index in [-0.39, 0.29) is 0 Å². The van der Waals surface area contributed by atoms with Crippen LogP contribution in [0.1, 0.15) is 37.7 Å². The van der Waals surface area contributed by atoms with Gasteiger partial charge in [-0.05, 0) is 30.2 Å². The fraction of sp³-hybridized carbons (Fsp3) is 0.417. The van der Waals surface area contributed by atoms with E-state index >= 15 is 0 Å². The van der Waals surface area contributed by atoms with Crippen LogP contribution in [0.5, 0.6) is 0 Å². The van der Waals surface area contributed by atoms with Crippen LogP contribution in [-0.4, -0.2) is 11.1 Å². The monoisotopic (exact) mass is 225 g/mol. The normalized spacial score (nSPS) is 12.4. The van der Waals surface area contributed by atoms with Gasteiger partial charge in [0.2, 0.25) is 0 Å². The molecular weight excluding hydrogens is 209 g/mol. The molecule has 0 heterocycles. The number of unbranched alkanes of at least 4 members (excludes halogenated alkanes) is 1. The molecule has 3 nitrogen and oxygen atoms in total. The van der Waals surface area contributed by atoms with Crippen LogP contribution in [0.2, 0.25) is 0 Å². The SMILES string of the molecule is CCCCC(C(=O)O)c1cc(F)ccc1N. The number of halogens is 1. The minimum absolute atomic E-state index is 0.338. The van der Waals surface area contributed by atoms with Crippen LogP contribution in [0.25, 0.3) is 0 Å². The first-order valence-corrected chi connectivity index (χ1v) is 5.34. The van der Waals surface area contributed by atoms with Crippen molar-refractivity contribution < 1.29 is 14.3 Å². The number of rotatable bonds is 5. The maximum absolute atomic E-state index is 13.0. The average molecular weight is 225 g/mol. The lowest BCUT2D eigenvalue weighted by molar-refractivity contribution is -0.139. The highest BCUT2D eigenvalue weighted by Gasteiger charge is 2.21. The summed E-state index contributed by atoms with van der Waals surface area (Å²) in [5, 5.41) is 9.09. The zero-order chi connectivity index (χ0) is 12.1. The van der Waals surface area contributed by atoms with E-state index in [4.69, 9.17) is 10.8 Å². The van der Waals surface area contributed by atoms with E-state index in [1.807, 2.05) is 6.92 Å². The topological polar surface area (TPSA) is 63.3 Å². The van der Waals surface area contributed by atoms with Gasteiger partial charge >= 0.3 is 5.97 Å². The second-order valence-corrected chi connectivity index (χ2v) is 3.81. The number of anilines is 1. The van der Waals surface area contributed by atoms with Crippen molar-refractivity contribution in [2.24, 2.45) is 0 Å². The van der Waals surface area contributed by atoms with E-state index in [1.54, 1.807) is 0 Å². The van der Waals surface area contributed by atoms with Gasteiger partial charge in [0.1, 0.15) is 5.82 Å². The third kappa shape index (κ3) is 2.95. The molecule has 4 heteroatoms. The van der Waals surface area contributed by atoms with Gasteiger partial charge in [-0.1, -0.05) is 19.8 Å². The van der Waals surface area contributed by atoms with E-state index < -0.39 is 17.7 Å². The Kier molecular flexibility index (Phi) is 4.28. The van der Waals surface area contributed by atoms with Crippen molar-refractivity contribution in [2.45, 2.75) is 32.1 Å². The Labute approximate surface area is 94.1 Å². The number of nitrogens with two attached hydrogens (primary N) is 1. The van der Waals surface area contributed by atoms with Crippen molar-refractivity contribution in [2.75, 3.05) is 5.73 Å². The molecule has 88 valence electrons. The molecular formula is C12H16FNO2. The van der Waals surface area contributed by atoms with E-state index in [9.17, 15) is 9.18 Å². The molecule has 0 aliphatic heterocycles. The quantitative estimate of drug-likeness (QED) is 0.757. The Hall–Kier alpha value is -1.58. The van der Waals surface area contributed by atoms with E-state index in [2.05, 4.69) is 0 Å². The highest BCUT2D eigenvalue weighted by molar-refractivity contribution is 5.78. The lowest BCUT2D eigenvalue weighted by Crippen LogP contribution is -2.13. The Balaban J connectivity index is 3.00. The highest BCUT2D eigenvalue weighted by atomic mass is 19.1.